The molecule has 20 heavy (non-hydrogen) atoms. The van der Waals surface area contributed by atoms with Crippen molar-refractivity contribution in [3.05, 3.63) is 39.2 Å². The number of amides is 1. The van der Waals surface area contributed by atoms with Crippen molar-refractivity contribution in [2.24, 2.45) is 5.92 Å². The lowest BCUT2D eigenvalue weighted by Crippen LogP contribution is -2.37. The first-order chi connectivity index (χ1) is 9.40. The highest BCUT2D eigenvalue weighted by molar-refractivity contribution is 5.95. The molecule has 0 aromatic heterocycles. The van der Waals surface area contributed by atoms with E-state index >= 15 is 0 Å². The van der Waals surface area contributed by atoms with Crippen LogP contribution in [0.4, 0.5) is 10.1 Å². The molecule has 1 aliphatic rings. The SMILES string of the molecule is Cc1cc([N+](=O)[O-])cc(C(=O)NC2CCCC2C)c1F. The summed E-state index contributed by atoms with van der Waals surface area (Å²) in [5.74, 6) is -0.923. The number of nitro groups is 1. The molecule has 0 aliphatic heterocycles. The van der Waals surface area contributed by atoms with Crippen LogP contribution in [-0.4, -0.2) is 16.9 Å². The number of nitrogens with one attached hydrogen (secondary N) is 1. The summed E-state index contributed by atoms with van der Waals surface area (Å²) in [5, 5.41) is 13.6. The molecule has 0 bridgehead atoms. The van der Waals surface area contributed by atoms with Crippen molar-refractivity contribution in [1.29, 1.82) is 0 Å². The third-order valence-electron chi connectivity index (χ3n) is 3.87. The fourth-order valence-corrected chi connectivity index (χ4v) is 2.63. The summed E-state index contributed by atoms with van der Waals surface area (Å²) in [6.45, 7) is 3.45. The average Bonchev–Trinajstić information content (AvgIpc) is 2.77. The molecule has 1 fully saturated rings. The molecule has 108 valence electrons. The first-order valence-electron chi connectivity index (χ1n) is 6.65. The van der Waals surface area contributed by atoms with Crippen molar-refractivity contribution >= 4 is 11.6 Å². The Balaban J connectivity index is 2.26. The van der Waals surface area contributed by atoms with E-state index in [0.29, 0.717) is 5.92 Å². The zero-order valence-corrected chi connectivity index (χ0v) is 11.5. The number of non-ortho nitro benzene ring substituents is 1. The summed E-state index contributed by atoms with van der Waals surface area (Å²) >= 11 is 0. The number of aryl methyl sites for hydroxylation is 1. The molecular formula is C14H17FN2O3. The van der Waals surface area contributed by atoms with Crippen LogP contribution in [0.2, 0.25) is 0 Å². The Morgan fingerprint density at radius 3 is 2.70 bits per heavy atom. The standard InChI is InChI=1S/C14H17FN2O3/c1-8-4-3-5-12(8)16-14(18)11-7-10(17(19)20)6-9(2)13(11)15/h6-8,12H,3-5H2,1-2H3,(H,16,18). The van der Waals surface area contributed by atoms with Gasteiger partial charge in [0.1, 0.15) is 5.82 Å². The van der Waals surface area contributed by atoms with E-state index in [-0.39, 0.29) is 22.9 Å². The van der Waals surface area contributed by atoms with Gasteiger partial charge < -0.3 is 5.32 Å². The molecule has 1 N–H and O–H groups in total. The topological polar surface area (TPSA) is 72.2 Å². The molecule has 2 rings (SSSR count). The van der Waals surface area contributed by atoms with Crippen LogP contribution in [0.5, 0.6) is 0 Å². The Bertz CT molecular complexity index is 560. The predicted octanol–water partition coefficient (Wildman–Crippen LogP) is 2.96. The van der Waals surface area contributed by atoms with Crippen LogP contribution < -0.4 is 5.32 Å². The van der Waals surface area contributed by atoms with Gasteiger partial charge in [0, 0.05) is 18.2 Å². The molecule has 1 aromatic carbocycles. The maximum atomic E-state index is 14.0. The lowest BCUT2D eigenvalue weighted by Gasteiger charge is -2.17. The van der Waals surface area contributed by atoms with Gasteiger partial charge in [-0.05, 0) is 31.2 Å². The minimum absolute atomic E-state index is 0.0152. The fraction of sp³-hybridized carbons (Fsp3) is 0.500. The molecule has 1 aliphatic carbocycles. The first-order valence-corrected chi connectivity index (χ1v) is 6.65. The van der Waals surface area contributed by atoms with E-state index in [1.54, 1.807) is 0 Å². The molecule has 1 saturated carbocycles. The van der Waals surface area contributed by atoms with Crippen LogP contribution in [0.3, 0.4) is 0 Å². The summed E-state index contributed by atoms with van der Waals surface area (Å²) in [7, 11) is 0. The Morgan fingerprint density at radius 1 is 1.45 bits per heavy atom. The second kappa shape index (κ2) is 5.56. The van der Waals surface area contributed by atoms with Crippen LogP contribution in [0.25, 0.3) is 0 Å². The van der Waals surface area contributed by atoms with E-state index in [1.807, 2.05) is 6.92 Å². The molecular weight excluding hydrogens is 263 g/mol. The smallest absolute Gasteiger partial charge is 0.270 e. The van der Waals surface area contributed by atoms with Crippen molar-refractivity contribution in [2.75, 3.05) is 0 Å². The largest absolute Gasteiger partial charge is 0.349 e. The zero-order chi connectivity index (χ0) is 14.9. The van der Waals surface area contributed by atoms with Crippen molar-refractivity contribution in [3.63, 3.8) is 0 Å². The van der Waals surface area contributed by atoms with E-state index in [2.05, 4.69) is 5.32 Å². The molecule has 5 nitrogen and oxygen atoms in total. The summed E-state index contributed by atoms with van der Waals surface area (Å²) in [4.78, 5) is 22.3. The predicted molar refractivity (Wildman–Crippen MR) is 72.1 cm³/mol. The Hall–Kier alpha value is -1.98. The molecule has 2 unspecified atom stereocenters. The monoisotopic (exact) mass is 280 g/mol. The number of hydrogen-bond donors (Lipinski definition) is 1. The molecule has 0 heterocycles. The van der Waals surface area contributed by atoms with Gasteiger partial charge in [0.25, 0.3) is 11.6 Å². The molecule has 6 heteroatoms. The maximum absolute atomic E-state index is 14.0. The lowest BCUT2D eigenvalue weighted by atomic mass is 10.0. The minimum atomic E-state index is -0.696. The average molecular weight is 280 g/mol. The summed E-state index contributed by atoms with van der Waals surface area (Å²) in [5.41, 5.74) is -0.423. The van der Waals surface area contributed by atoms with Crippen LogP contribution in [0.15, 0.2) is 12.1 Å². The molecule has 1 aromatic rings. The highest BCUT2D eigenvalue weighted by atomic mass is 19.1. The number of nitro benzene ring substituents is 1. The van der Waals surface area contributed by atoms with E-state index in [1.165, 1.54) is 6.92 Å². The number of rotatable bonds is 3. The van der Waals surface area contributed by atoms with Crippen LogP contribution >= 0.6 is 0 Å². The van der Waals surface area contributed by atoms with Crippen LogP contribution in [-0.2, 0) is 0 Å². The van der Waals surface area contributed by atoms with Crippen molar-refractivity contribution in [2.45, 2.75) is 39.2 Å². The molecule has 0 saturated heterocycles. The Morgan fingerprint density at radius 2 is 2.15 bits per heavy atom. The second-order valence-electron chi connectivity index (χ2n) is 5.37. The first kappa shape index (κ1) is 14.4. The summed E-state index contributed by atoms with van der Waals surface area (Å²) < 4.78 is 14.0. The summed E-state index contributed by atoms with van der Waals surface area (Å²) in [6.07, 6.45) is 2.92. The Labute approximate surface area is 116 Å². The van der Waals surface area contributed by atoms with Crippen LogP contribution in [0, 0.1) is 28.8 Å². The molecule has 2 atom stereocenters. The van der Waals surface area contributed by atoms with Gasteiger partial charge >= 0.3 is 0 Å². The number of nitrogens with zero attached hydrogens (tertiary/aromatic N) is 1. The maximum Gasteiger partial charge on any atom is 0.270 e. The van der Waals surface area contributed by atoms with Crippen molar-refractivity contribution in [1.82, 2.24) is 5.32 Å². The number of halogens is 1. The van der Waals surface area contributed by atoms with E-state index in [0.717, 1.165) is 31.4 Å². The zero-order valence-electron chi connectivity index (χ0n) is 11.5. The van der Waals surface area contributed by atoms with E-state index in [9.17, 15) is 19.3 Å². The van der Waals surface area contributed by atoms with Gasteiger partial charge in [0.15, 0.2) is 0 Å². The van der Waals surface area contributed by atoms with Gasteiger partial charge in [0.2, 0.25) is 0 Å². The van der Waals surface area contributed by atoms with Crippen molar-refractivity contribution in [3.8, 4) is 0 Å². The highest BCUT2D eigenvalue weighted by Crippen LogP contribution is 2.26. The quantitative estimate of drug-likeness (QED) is 0.683. The van der Waals surface area contributed by atoms with Crippen LogP contribution in [0.1, 0.15) is 42.1 Å². The van der Waals surface area contributed by atoms with Gasteiger partial charge in [-0.3, -0.25) is 14.9 Å². The number of carbonyl (C=O) groups excluding carboxylic acids is 1. The van der Waals surface area contributed by atoms with Gasteiger partial charge in [-0.15, -0.1) is 0 Å². The number of carbonyl (C=O) groups is 1. The van der Waals surface area contributed by atoms with Gasteiger partial charge in [-0.1, -0.05) is 13.3 Å². The third-order valence-corrected chi connectivity index (χ3v) is 3.87. The molecule has 0 spiro atoms. The second-order valence-corrected chi connectivity index (χ2v) is 5.37. The molecule has 0 radical (unpaired) electrons. The van der Waals surface area contributed by atoms with Gasteiger partial charge in [-0.25, -0.2) is 4.39 Å². The third kappa shape index (κ3) is 2.79. The summed E-state index contributed by atoms with van der Waals surface area (Å²) in [6, 6.07) is 2.14. The fourth-order valence-electron chi connectivity index (χ4n) is 2.63. The van der Waals surface area contributed by atoms with Gasteiger partial charge in [0.05, 0.1) is 10.5 Å². The highest BCUT2D eigenvalue weighted by Gasteiger charge is 2.27. The van der Waals surface area contributed by atoms with Crippen molar-refractivity contribution < 1.29 is 14.1 Å². The van der Waals surface area contributed by atoms with E-state index < -0.39 is 16.6 Å². The minimum Gasteiger partial charge on any atom is -0.349 e. The van der Waals surface area contributed by atoms with E-state index in [4.69, 9.17) is 0 Å². The number of hydrogen-bond acceptors (Lipinski definition) is 3. The normalized spacial score (nSPS) is 21.8. The van der Waals surface area contributed by atoms with Gasteiger partial charge in [-0.2, -0.15) is 0 Å². The molecule has 1 amide bonds. The number of benzene rings is 1. The lowest BCUT2D eigenvalue weighted by molar-refractivity contribution is -0.385. The Kier molecular flexibility index (Phi) is 4.01.